The molecule has 6 heteroatoms. The minimum Gasteiger partial charge on any atom is -0.381 e. The molecular formula is C11H14N4O2. The molecule has 2 aromatic rings. The zero-order valence-electron chi connectivity index (χ0n) is 9.64. The largest absolute Gasteiger partial charge is 0.381 e. The van der Waals surface area contributed by atoms with E-state index in [-0.39, 0.29) is 11.6 Å². The van der Waals surface area contributed by atoms with Gasteiger partial charge in [-0.25, -0.2) is 9.67 Å². The van der Waals surface area contributed by atoms with E-state index in [1.165, 1.54) is 0 Å². The van der Waals surface area contributed by atoms with Crippen LogP contribution in [0.4, 0.5) is 0 Å². The minimum atomic E-state index is -0.120. The first kappa shape index (κ1) is 10.5. The first-order valence-corrected chi connectivity index (χ1v) is 5.77. The fourth-order valence-electron chi connectivity index (χ4n) is 2.24. The predicted octanol–water partition coefficient (Wildman–Crippen LogP) is 0.780. The molecule has 1 aliphatic heterocycles. The third-order valence-corrected chi connectivity index (χ3v) is 3.12. The fraction of sp³-hybridized carbons (Fsp3) is 0.545. The van der Waals surface area contributed by atoms with E-state index >= 15 is 0 Å². The molecule has 1 aliphatic rings. The molecule has 0 radical (unpaired) electrons. The van der Waals surface area contributed by atoms with Crippen LogP contribution in [0, 0.1) is 6.92 Å². The molecule has 0 atom stereocenters. The molecular weight excluding hydrogens is 220 g/mol. The lowest BCUT2D eigenvalue weighted by molar-refractivity contribution is 0.0673. The van der Waals surface area contributed by atoms with E-state index in [0.29, 0.717) is 16.9 Å². The Morgan fingerprint density at radius 3 is 3.00 bits per heavy atom. The first-order valence-electron chi connectivity index (χ1n) is 5.77. The Morgan fingerprint density at radius 2 is 2.24 bits per heavy atom. The Morgan fingerprint density at radius 1 is 1.47 bits per heavy atom. The second-order valence-corrected chi connectivity index (χ2v) is 4.32. The summed E-state index contributed by atoms with van der Waals surface area (Å²) in [6.45, 7) is 3.27. The highest BCUT2D eigenvalue weighted by Crippen LogP contribution is 2.22. The lowest BCUT2D eigenvalue weighted by Crippen LogP contribution is -2.21. The van der Waals surface area contributed by atoms with Crippen molar-refractivity contribution in [3.8, 4) is 0 Å². The summed E-state index contributed by atoms with van der Waals surface area (Å²) in [6, 6.07) is 0.287. The molecule has 2 aromatic heterocycles. The number of ether oxygens (including phenoxy) is 1. The summed E-state index contributed by atoms with van der Waals surface area (Å²) >= 11 is 0. The van der Waals surface area contributed by atoms with Gasteiger partial charge in [-0.2, -0.15) is 5.10 Å². The molecule has 0 aromatic carbocycles. The minimum absolute atomic E-state index is 0.120. The van der Waals surface area contributed by atoms with Gasteiger partial charge in [-0.3, -0.25) is 4.79 Å². The van der Waals surface area contributed by atoms with Crippen LogP contribution >= 0.6 is 0 Å². The standard InChI is InChI=1S/C11H14N4O2/c1-7-13-10-9(11(16)14-7)6-12-15(10)8-2-4-17-5-3-8/h6,8H,2-5H2,1H3,(H,13,14,16). The molecule has 1 saturated heterocycles. The van der Waals surface area contributed by atoms with E-state index in [1.54, 1.807) is 13.1 Å². The average molecular weight is 234 g/mol. The Labute approximate surface area is 97.6 Å². The van der Waals surface area contributed by atoms with Crippen LogP contribution in [-0.4, -0.2) is 33.0 Å². The normalized spacial score (nSPS) is 17.7. The summed E-state index contributed by atoms with van der Waals surface area (Å²) in [6.07, 6.45) is 3.44. The highest BCUT2D eigenvalue weighted by atomic mass is 16.5. The molecule has 0 bridgehead atoms. The summed E-state index contributed by atoms with van der Waals surface area (Å²) < 4.78 is 7.19. The van der Waals surface area contributed by atoms with E-state index in [4.69, 9.17) is 4.74 Å². The molecule has 90 valence electrons. The van der Waals surface area contributed by atoms with Crippen LogP contribution in [0.2, 0.25) is 0 Å². The van der Waals surface area contributed by atoms with Crippen LogP contribution in [0.15, 0.2) is 11.0 Å². The SMILES string of the molecule is Cc1nc2c(cnn2C2CCOCC2)c(=O)[nH]1. The zero-order valence-corrected chi connectivity index (χ0v) is 9.64. The number of aromatic amines is 1. The number of fused-ring (bicyclic) bond motifs is 1. The van der Waals surface area contributed by atoms with Crippen LogP contribution in [0.25, 0.3) is 11.0 Å². The molecule has 0 saturated carbocycles. The van der Waals surface area contributed by atoms with Gasteiger partial charge in [-0.1, -0.05) is 0 Å². The quantitative estimate of drug-likeness (QED) is 0.791. The Hall–Kier alpha value is -1.69. The van der Waals surface area contributed by atoms with E-state index in [2.05, 4.69) is 15.1 Å². The maximum absolute atomic E-state index is 11.7. The zero-order chi connectivity index (χ0) is 11.8. The van der Waals surface area contributed by atoms with Crippen LogP contribution in [0.1, 0.15) is 24.7 Å². The van der Waals surface area contributed by atoms with Gasteiger partial charge in [0.15, 0.2) is 5.65 Å². The van der Waals surface area contributed by atoms with Gasteiger partial charge in [0.2, 0.25) is 0 Å². The van der Waals surface area contributed by atoms with Crippen molar-refractivity contribution in [3.63, 3.8) is 0 Å². The summed E-state index contributed by atoms with van der Waals surface area (Å²) in [4.78, 5) is 18.8. The molecule has 1 N–H and O–H groups in total. The van der Waals surface area contributed by atoms with Gasteiger partial charge < -0.3 is 9.72 Å². The predicted molar refractivity (Wildman–Crippen MR) is 62.0 cm³/mol. The molecule has 0 aliphatic carbocycles. The number of H-pyrrole nitrogens is 1. The van der Waals surface area contributed by atoms with Gasteiger partial charge in [-0.05, 0) is 19.8 Å². The molecule has 0 spiro atoms. The Balaban J connectivity index is 2.13. The summed E-state index contributed by atoms with van der Waals surface area (Å²) in [7, 11) is 0. The van der Waals surface area contributed by atoms with E-state index in [9.17, 15) is 4.79 Å². The molecule has 6 nitrogen and oxygen atoms in total. The van der Waals surface area contributed by atoms with Crippen molar-refractivity contribution in [2.24, 2.45) is 0 Å². The second-order valence-electron chi connectivity index (χ2n) is 4.32. The van der Waals surface area contributed by atoms with E-state index in [1.807, 2.05) is 4.68 Å². The summed E-state index contributed by atoms with van der Waals surface area (Å²) in [5.41, 5.74) is 0.559. The van der Waals surface area contributed by atoms with Gasteiger partial charge in [-0.15, -0.1) is 0 Å². The first-order chi connectivity index (χ1) is 8.25. The number of aryl methyl sites for hydroxylation is 1. The smallest absolute Gasteiger partial charge is 0.262 e. The molecule has 1 fully saturated rings. The lowest BCUT2D eigenvalue weighted by Gasteiger charge is -2.22. The highest BCUT2D eigenvalue weighted by molar-refractivity contribution is 5.73. The lowest BCUT2D eigenvalue weighted by atomic mass is 10.1. The van der Waals surface area contributed by atoms with Gasteiger partial charge in [0.05, 0.1) is 12.2 Å². The third-order valence-electron chi connectivity index (χ3n) is 3.12. The van der Waals surface area contributed by atoms with E-state index in [0.717, 1.165) is 26.1 Å². The molecule has 17 heavy (non-hydrogen) atoms. The van der Waals surface area contributed by atoms with Crippen LogP contribution in [0.3, 0.4) is 0 Å². The maximum Gasteiger partial charge on any atom is 0.262 e. The van der Waals surface area contributed by atoms with Crippen molar-refractivity contribution in [1.29, 1.82) is 0 Å². The number of nitrogens with zero attached hydrogens (tertiary/aromatic N) is 3. The topological polar surface area (TPSA) is 72.8 Å². The molecule has 0 amide bonds. The van der Waals surface area contributed by atoms with Crippen LogP contribution in [0.5, 0.6) is 0 Å². The number of rotatable bonds is 1. The van der Waals surface area contributed by atoms with Crippen molar-refractivity contribution >= 4 is 11.0 Å². The van der Waals surface area contributed by atoms with Crippen LogP contribution in [-0.2, 0) is 4.74 Å². The molecule has 3 rings (SSSR count). The number of aromatic nitrogens is 4. The number of nitrogens with one attached hydrogen (secondary N) is 1. The van der Waals surface area contributed by atoms with Gasteiger partial charge in [0, 0.05) is 13.2 Å². The Kier molecular flexibility index (Phi) is 2.44. The van der Waals surface area contributed by atoms with E-state index < -0.39 is 0 Å². The summed E-state index contributed by atoms with van der Waals surface area (Å²) in [5, 5.41) is 4.86. The van der Waals surface area contributed by atoms with Crippen molar-refractivity contribution < 1.29 is 4.74 Å². The van der Waals surface area contributed by atoms with Crippen molar-refractivity contribution in [2.45, 2.75) is 25.8 Å². The molecule has 0 unspecified atom stereocenters. The summed E-state index contributed by atoms with van der Waals surface area (Å²) in [5.74, 6) is 0.622. The van der Waals surface area contributed by atoms with Crippen molar-refractivity contribution in [1.82, 2.24) is 19.7 Å². The Bertz CT molecular complexity index is 595. The van der Waals surface area contributed by atoms with Crippen molar-refractivity contribution in [3.05, 3.63) is 22.4 Å². The number of hydrogen-bond acceptors (Lipinski definition) is 4. The van der Waals surface area contributed by atoms with Gasteiger partial charge in [0.25, 0.3) is 5.56 Å². The maximum atomic E-state index is 11.7. The fourth-order valence-corrected chi connectivity index (χ4v) is 2.24. The van der Waals surface area contributed by atoms with Crippen molar-refractivity contribution in [2.75, 3.05) is 13.2 Å². The number of hydrogen-bond donors (Lipinski definition) is 1. The van der Waals surface area contributed by atoms with Gasteiger partial charge >= 0.3 is 0 Å². The highest BCUT2D eigenvalue weighted by Gasteiger charge is 2.20. The monoisotopic (exact) mass is 234 g/mol. The third kappa shape index (κ3) is 1.74. The average Bonchev–Trinajstić information content (AvgIpc) is 2.74. The van der Waals surface area contributed by atoms with Gasteiger partial charge in [0.1, 0.15) is 11.2 Å². The van der Waals surface area contributed by atoms with Crippen LogP contribution < -0.4 is 5.56 Å². The molecule has 3 heterocycles. The second kappa shape index (κ2) is 3.96.